The summed E-state index contributed by atoms with van der Waals surface area (Å²) in [5.74, 6) is -1.99. The number of hydrogen-bond donors (Lipinski definition) is 1. The monoisotopic (exact) mass is 310 g/mol. The van der Waals surface area contributed by atoms with E-state index in [-0.39, 0.29) is 6.42 Å². The average Bonchev–Trinajstić information content (AvgIpc) is 2.60. The first-order valence-electron chi connectivity index (χ1n) is 7.44. The van der Waals surface area contributed by atoms with Gasteiger partial charge in [-0.2, -0.15) is 0 Å². The number of fused-ring (bicyclic) bond motifs is 1. The molecule has 0 aromatic heterocycles. The molecule has 2 atom stereocenters. The maximum Gasteiger partial charge on any atom is 0.306 e. The summed E-state index contributed by atoms with van der Waals surface area (Å²) in [6.07, 6.45) is 3.42. The molecule has 0 radical (unpaired) electrons. The number of esters is 1. The van der Waals surface area contributed by atoms with E-state index in [9.17, 15) is 9.90 Å². The molecule has 3 rings (SSSR count). The lowest BCUT2D eigenvalue weighted by Crippen LogP contribution is -2.42. The molecule has 118 valence electrons. The number of benzene rings is 2. The molecule has 0 aliphatic carbocycles. The largest absolute Gasteiger partial charge is 0.469 e. The van der Waals surface area contributed by atoms with Gasteiger partial charge in [0.05, 0.1) is 19.4 Å². The molecule has 0 bridgehead atoms. The fourth-order valence-electron chi connectivity index (χ4n) is 2.76. The van der Waals surface area contributed by atoms with Gasteiger partial charge in [0, 0.05) is 5.56 Å². The smallest absolute Gasteiger partial charge is 0.306 e. The minimum atomic E-state index is -1.61. The Hall–Kier alpha value is -2.59. The van der Waals surface area contributed by atoms with E-state index in [1.807, 2.05) is 54.6 Å². The van der Waals surface area contributed by atoms with E-state index in [4.69, 9.17) is 9.47 Å². The molecule has 1 N–H and O–H groups in total. The molecule has 2 aromatic rings. The van der Waals surface area contributed by atoms with Crippen molar-refractivity contribution in [3.8, 4) is 5.75 Å². The third kappa shape index (κ3) is 3.12. The highest BCUT2D eigenvalue weighted by molar-refractivity contribution is 5.71. The summed E-state index contributed by atoms with van der Waals surface area (Å²) in [4.78, 5) is 11.8. The molecule has 1 aliphatic rings. The Morgan fingerprint density at radius 3 is 2.61 bits per heavy atom. The molecule has 1 heterocycles. The number of aliphatic hydroxyl groups is 1. The predicted octanol–water partition coefficient (Wildman–Crippen LogP) is 3.13. The standard InChI is InChI=1S/C19H18O4/c1-22-18(20)13-16(14-7-3-2-4-8-14)19(21)12-11-15-9-5-6-10-17(15)23-19/h2-12,16,21H,13H2,1H3. The van der Waals surface area contributed by atoms with Gasteiger partial charge in [-0.05, 0) is 23.8 Å². The van der Waals surface area contributed by atoms with Gasteiger partial charge in [-0.1, -0.05) is 48.5 Å². The van der Waals surface area contributed by atoms with Crippen LogP contribution in [0.4, 0.5) is 0 Å². The number of carbonyl (C=O) groups excluding carboxylic acids is 1. The van der Waals surface area contributed by atoms with Crippen LogP contribution in [0.25, 0.3) is 6.08 Å². The maximum absolute atomic E-state index is 11.8. The van der Waals surface area contributed by atoms with Gasteiger partial charge in [0.2, 0.25) is 5.79 Å². The Morgan fingerprint density at radius 1 is 1.17 bits per heavy atom. The summed E-state index contributed by atoms with van der Waals surface area (Å²) >= 11 is 0. The molecular formula is C19H18O4. The fourth-order valence-corrected chi connectivity index (χ4v) is 2.76. The summed E-state index contributed by atoms with van der Waals surface area (Å²) in [5, 5.41) is 11.1. The SMILES string of the molecule is COC(=O)CC(c1ccccc1)C1(O)C=Cc2ccccc2O1. The number of methoxy groups -OCH3 is 1. The van der Waals surface area contributed by atoms with E-state index >= 15 is 0 Å². The molecule has 0 saturated carbocycles. The number of rotatable bonds is 4. The van der Waals surface area contributed by atoms with Gasteiger partial charge in [0.15, 0.2) is 0 Å². The summed E-state index contributed by atoms with van der Waals surface area (Å²) in [6.45, 7) is 0. The van der Waals surface area contributed by atoms with Crippen LogP contribution in [0.2, 0.25) is 0 Å². The zero-order chi connectivity index (χ0) is 16.3. The van der Waals surface area contributed by atoms with Gasteiger partial charge in [-0.15, -0.1) is 0 Å². The van der Waals surface area contributed by atoms with E-state index in [0.29, 0.717) is 5.75 Å². The van der Waals surface area contributed by atoms with Gasteiger partial charge < -0.3 is 14.6 Å². The Kier molecular flexibility index (Phi) is 4.17. The highest BCUT2D eigenvalue weighted by atomic mass is 16.6. The second kappa shape index (κ2) is 6.26. The summed E-state index contributed by atoms with van der Waals surface area (Å²) in [5.41, 5.74) is 1.70. The highest BCUT2D eigenvalue weighted by Gasteiger charge is 2.41. The third-order valence-corrected chi connectivity index (χ3v) is 3.99. The van der Waals surface area contributed by atoms with Crippen molar-refractivity contribution in [2.24, 2.45) is 0 Å². The molecule has 0 saturated heterocycles. The van der Waals surface area contributed by atoms with Crippen LogP contribution < -0.4 is 4.74 Å². The minimum Gasteiger partial charge on any atom is -0.469 e. The van der Waals surface area contributed by atoms with Crippen molar-refractivity contribution < 1.29 is 19.4 Å². The summed E-state index contributed by atoms with van der Waals surface area (Å²) in [6, 6.07) is 16.8. The molecular weight excluding hydrogens is 292 g/mol. The van der Waals surface area contributed by atoms with Gasteiger partial charge >= 0.3 is 5.97 Å². The first-order chi connectivity index (χ1) is 11.1. The minimum absolute atomic E-state index is 0.0174. The Morgan fingerprint density at radius 2 is 1.87 bits per heavy atom. The van der Waals surface area contributed by atoms with Crippen LogP contribution >= 0.6 is 0 Å². The number of para-hydroxylation sites is 1. The molecule has 4 heteroatoms. The number of carbonyl (C=O) groups is 1. The normalized spacial score (nSPS) is 20.3. The van der Waals surface area contributed by atoms with Crippen LogP contribution in [-0.4, -0.2) is 24.0 Å². The quantitative estimate of drug-likeness (QED) is 0.882. The predicted molar refractivity (Wildman–Crippen MR) is 86.9 cm³/mol. The third-order valence-electron chi connectivity index (χ3n) is 3.99. The summed E-state index contributed by atoms with van der Waals surface area (Å²) < 4.78 is 10.6. The van der Waals surface area contributed by atoms with Crippen LogP contribution in [0, 0.1) is 0 Å². The lowest BCUT2D eigenvalue weighted by atomic mass is 9.86. The van der Waals surface area contributed by atoms with Gasteiger partial charge in [0.25, 0.3) is 0 Å². The molecule has 2 aromatic carbocycles. The van der Waals surface area contributed by atoms with Crippen LogP contribution in [-0.2, 0) is 9.53 Å². The van der Waals surface area contributed by atoms with Crippen molar-refractivity contribution >= 4 is 12.0 Å². The van der Waals surface area contributed by atoms with Crippen molar-refractivity contribution in [2.45, 2.75) is 18.1 Å². The molecule has 0 spiro atoms. The van der Waals surface area contributed by atoms with Gasteiger partial charge in [0.1, 0.15) is 5.75 Å². The molecule has 2 unspecified atom stereocenters. The van der Waals surface area contributed by atoms with E-state index in [0.717, 1.165) is 11.1 Å². The second-order valence-electron chi connectivity index (χ2n) is 5.47. The van der Waals surface area contributed by atoms with Gasteiger partial charge in [-0.25, -0.2) is 0 Å². The van der Waals surface area contributed by atoms with Crippen molar-refractivity contribution in [3.63, 3.8) is 0 Å². The van der Waals surface area contributed by atoms with Crippen molar-refractivity contribution in [2.75, 3.05) is 7.11 Å². The Balaban J connectivity index is 1.98. The Bertz CT molecular complexity index is 723. The molecule has 0 amide bonds. The zero-order valence-electron chi connectivity index (χ0n) is 12.8. The van der Waals surface area contributed by atoms with E-state index in [1.54, 1.807) is 12.1 Å². The Labute approximate surface area is 135 Å². The first kappa shape index (κ1) is 15.3. The maximum atomic E-state index is 11.8. The van der Waals surface area contributed by atoms with Crippen molar-refractivity contribution in [3.05, 3.63) is 71.8 Å². The number of hydrogen-bond acceptors (Lipinski definition) is 4. The lowest BCUT2D eigenvalue weighted by molar-refractivity contribution is -0.150. The average molecular weight is 310 g/mol. The molecule has 1 aliphatic heterocycles. The van der Waals surface area contributed by atoms with Crippen molar-refractivity contribution in [1.29, 1.82) is 0 Å². The zero-order valence-corrected chi connectivity index (χ0v) is 12.8. The lowest BCUT2D eigenvalue weighted by Gasteiger charge is -2.36. The van der Waals surface area contributed by atoms with E-state index in [1.165, 1.54) is 7.11 Å². The van der Waals surface area contributed by atoms with Crippen LogP contribution in [0.5, 0.6) is 5.75 Å². The first-order valence-corrected chi connectivity index (χ1v) is 7.44. The molecule has 4 nitrogen and oxygen atoms in total. The number of ether oxygens (including phenoxy) is 2. The van der Waals surface area contributed by atoms with Crippen LogP contribution in [0.3, 0.4) is 0 Å². The molecule has 0 fully saturated rings. The van der Waals surface area contributed by atoms with E-state index < -0.39 is 17.7 Å². The topological polar surface area (TPSA) is 55.8 Å². The molecule has 23 heavy (non-hydrogen) atoms. The van der Waals surface area contributed by atoms with E-state index in [2.05, 4.69) is 0 Å². The van der Waals surface area contributed by atoms with Gasteiger partial charge in [-0.3, -0.25) is 4.79 Å². The highest BCUT2D eigenvalue weighted by Crippen LogP contribution is 2.39. The van der Waals surface area contributed by atoms with Crippen LogP contribution in [0.1, 0.15) is 23.5 Å². The fraction of sp³-hybridized carbons (Fsp3) is 0.211. The summed E-state index contributed by atoms with van der Waals surface area (Å²) in [7, 11) is 1.33. The van der Waals surface area contributed by atoms with Crippen LogP contribution in [0.15, 0.2) is 60.7 Å². The van der Waals surface area contributed by atoms with Crippen molar-refractivity contribution in [1.82, 2.24) is 0 Å². The second-order valence-corrected chi connectivity index (χ2v) is 5.47.